The van der Waals surface area contributed by atoms with Gasteiger partial charge in [-0.3, -0.25) is 4.90 Å². The Balaban J connectivity index is 2.08. The van der Waals surface area contributed by atoms with Gasteiger partial charge >= 0.3 is 0 Å². The van der Waals surface area contributed by atoms with E-state index in [1.807, 2.05) is 23.2 Å². The van der Waals surface area contributed by atoms with Crippen molar-refractivity contribution in [3.63, 3.8) is 0 Å². The van der Waals surface area contributed by atoms with Gasteiger partial charge in [0.05, 0.1) is 0 Å². The Bertz CT molecular complexity index is 351. The highest BCUT2D eigenvalue weighted by Gasteiger charge is 2.13. The molecule has 2 aromatic rings. The summed E-state index contributed by atoms with van der Waals surface area (Å²) >= 11 is 3.28. The fraction of sp³-hybridized carbons (Fsp3) is 0.400. The van der Waals surface area contributed by atoms with E-state index in [-0.39, 0.29) is 0 Å². The second-order valence-electron chi connectivity index (χ2n) is 3.28. The lowest BCUT2D eigenvalue weighted by atomic mass is 10.3. The van der Waals surface area contributed by atoms with Crippen LogP contribution in [0.15, 0.2) is 23.2 Å². The van der Waals surface area contributed by atoms with Crippen LogP contribution in [-0.4, -0.2) is 23.1 Å². The van der Waals surface area contributed by atoms with E-state index in [1.165, 1.54) is 0 Å². The first kappa shape index (κ1) is 11.5. The fourth-order valence-corrected chi connectivity index (χ4v) is 2.78. The van der Waals surface area contributed by atoms with Crippen LogP contribution in [-0.2, 0) is 0 Å². The van der Waals surface area contributed by atoms with Crippen molar-refractivity contribution in [3.05, 3.63) is 23.2 Å². The summed E-state index contributed by atoms with van der Waals surface area (Å²) in [5.74, 6) is 0. The highest BCUT2D eigenvalue weighted by molar-refractivity contribution is 7.15. The van der Waals surface area contributed by atoms with Crippen LogP contribution < -0.4 is 10.6 Å². The molecule has 0 fully saturated rings. The molecular weight excluding hydrogens is 240 g/mol. The molecule has 0 aliphatic carbocycles. The molecule has 4 nitrogen and oxygen atoms in total. The number of nitrogens with two attached hydrogens (primary N) is 1. The fourth-order valence-electron chi connectivity index (χ4n) is 1.39. The van der Waals surface area contributed by atoms with Gasteiger partial charge in [-0.25, -0.2) is 9.97 Å². The van der Waals surface area contributed by atoms with Crippen LogP contribution in [0.3, 0.4) is 0 Å². The Hall–Kier alpha value is -0.980. The van der Waals surface area contributed by atoms with Gasteiger partial charge in [0.2, 0.25) is 0 Å². The summed E-state index contributed by atoms with van der Waals surface area (Å²) in [4.78, 5) is 10.8. The van der Waals surface area contributed by atoms with Gasteiger partial charge in [-0.1, -0.05) is 0 Å². The third kappa shape index (κ3) is 2.78. The molecule has 0 bridgehead atoms. The topological polar surface area (TPSA) is 55.0 Å². The number of aromatic nitrogens is 2. The summed E-state index contributed by atoms with van der Waals surface area (Å²) in [6.45, 7) is 1.67. The maximum Gasteiger partial charge on any atom is 0.191 e. The molecular formula is C10H14N4S2. The van der Waals surface area contributed by atoms with E-state index in [1.54, 1.807) is 22.7 Å². The Labute approximate surface area is 103 Å². The van der Waals surface area contributed by atoms with Crippen molar-refractivity contribution in [1.29, 1.82) is 0 Å². The monoisotopic (exact) mass is 254 g/mol. The van der Waals surface area contributed by atoms with Gasteiger partial charge in [-0.2, -0.15) is 0 Å². The van der Waals surface area contributed by atoms with E-state index in [0.29, 0.717) is 0 Å². The lowest BCUT2D eigenvalue weighted by Gasteiger charge is -2.18. The summed E-state index contributed by atoms with van der Waals surface area (Å²) in [6.07, 6.45) is 5.75. The van der Waals surface area contributed by atoms with Crippen molar-refractivity contribution >= 4 is 32.9 Å². The molecule has 6 heteroatoms. The maximum absolute atomic E-state index is 5.51. The first-order chi connectivity index (χ1) is 7.92. The summed E-state index contributed by atoms with van der Waals surface area (Å²) in [7, 11) is 0. The van der Waals surface area contributed by atoms with Crippen molar-refractivity contribution in [2.45, 2.75) is 12.8 Å². The highest BCUT2D eigenvalue weighted by atomic mass is 32.1. The van der Waals surface area contributed by atoms with Gasteiger partial charge < -0.3 is 5.73 Å². The van der Waals surface area contributed by atoms with E-state index in [9.17, 15) is 0 Å². The normalized spacial score (nSPS) is 10.6. The number of thiazole rings is 2. The van der Waals surface area contributed by atoms with Crippen LogP contribution in [0, 0.1) is 0 Å². The number of anilines is 2. The van der Waals surface area contributed by atoms with E-state index in [2.05, 4.69) is 14.9 Å². The zero-order chi connectivity index (χ0) is 11.2. The number of nitrogens with zero attached hydrogens (tertiary/aromatic N) is 3. The number of rotatable bonds is 6. The first-order valence-electron chi connectivity index (χ1n) is 5.18. The Morgan fingerprint density at radius 3 is 2.12 bits per heavy atom. The van der Waals surface area contributed by atoms with Gasteiger partial charge in [0, 0.05) is 29.7 Å². The molecule has 0 atom stereocenters. The molecule has 0 amide bonds. The first-order valence-corrected chi connectivity index (χ1v) is 6.94. The highest BCUT2D eigenvalue weighted by Crippen LogP contribution is 2.28. The largest absolute Gasteiger partial charge is 0.330 e. The quantitative estimate of drug-likeness (QED) is 0.805. The molecule has 0 spiro atoms. The van der Waals surface area contributed by atoms with Crippen molar-refractivity contribution in [2.75, 3.05) is 18.0 Å². The Morgan fingerprint density at radius 2 is 1.69 bits per heavy atom. The smallest absolute Gasteiger partial charge is 0.191 e. The predicted molar refractivity (Wildman–Crippen MR) is 69.5 cm³/mol. The average molecular weight is 254 g/mol. The van der Waals surface area contributed by atoms with Gasteiger partial charge in [0.25, 0.3) is 0 Å². The van der Waals surface area contributed by atoms with E-state index < -0.39 is 0 Å². The van der Waals surface area contributed by atoms with Gasteiger partial charge in [0.15, 0.2) is 10.3 Å². The zero-order valence-corrected chi connectivity index (χ0v) is 10.5. The van der Waals surface area contributed by atoms with Gasteiger partial charge in [-0.15, -0.1) is 22.7 Å². The molecule has 0 aliphatic rings. The van der Waals surface area contributed by atoms with Crippen molar-refractivity contribution < 1.29 is 0 Å². The van der Waals surface area contributed by atoms with Crippen molar-refractivity contribution in [2.24, 2.45) is 5.73 Å². The van der Waals surface area contributed by atoms with Gasteiger partial charge in [-0.05, 0) is 19.4 Å². The van der Waals surface area contributed by atoms with Crippen molar-refractivity contribution in [1.82, 2.24) is 9.97 Å². The molecule has 86 valence electrons. The molecule has 0 unspecified atom stereocenters. The summed E-state index contributed by atoms with van der Waals surface area (Å²) in [5.41, 5.74) is 5.51. The minimum absolute atomic E-state index is 0.740. The lowest BCUT2D eigenvalue weighted by Crippen LogP contribution is -2.18. The number of unbranched alkanes of at least 4 members (excludes halogenated alkanes) is 1. The molecule has 0 radical (unpaired) electrons. The molecule has 0 saturated heterocycles. The van der Waals surface area contributed by atoms with Crippen LogP contribution in [0.25, 0.3) is 0 Å². The standard InChI is InChI=1S/C10H14N4S2/c11-3-1-2-6-14(9-12-4-7-15-9)10-13-5-8-16-10/h4-5,7-8H,1-3,6,11H2. The zero-order valence-electron chi connectivity index (χ0n) is 8.87. The minimum Gasteiger partial charge on any atom is -0.330 e. The van der Waals surface area contributed by atoms with E-state index in [0.717, 1.165) is 36.2 Å². The molecule has 2 aromatic heterocycles. The summed E-state index contributed by atoms with van der Waals surface area (Å²) in [6, 6.07) is 0. The SMILES string of the molecule is NCCCCN(c1nccs1)c1nccs1. The molecule has 0 aromatic carbocycles. The molecule has 16 heavy (non-hydrogen) atoms. The van der Waals surface area contributed by atoms with Gasteiger partial charge in [0.1, 0.15) is 0 Å². The molecule has 0 aliphatic heterocycles. The lowest BCUT2D eigenvalue weighted by molar-refractivity contribution is 0.739. The van der Waals surface area contributed by atoms with Crippen molar-refractivity contribution in [3.8, 4) is 0 Å². The Morgan fingerprint density at radius 1 is 1.06 bits per heavy atom. The number of hydrogen-bond donors (Lipinski definition) is 1. The Kier molecular flexibility index (Phi) is 4.26. The third-order valence-electron chi connectivity index (χ3n) is 2.14. The molecule has 2 N–H and O–H groups in total. The second kappa shape index (κ2) is 5.93. The summed E-state index contributed by atoms with van der Waals surface area (Å²) < 4.78 is 0. The minimum atomic E-state index is 0.740. The molecule has 0 saturated carbocycles. The number of hydrogen-bond acceptors (Lipinski definition) is 6. The molecule has 2 rings (SSSR count). The van der Waals surface area contributed by atoms with Crippen LogP contribution >= 0.6 is 22.7 Å². The van der Waals surface area contributed by atoms with E-state index >= 15 is 0 Å². The van der Waals surface area contributed by atoms with Crippen LogP contribution in [0.1, 0.15) is 12.8 Å². The third-order valence-corrected chi connectivity index (χ3v) is 3.73. The van der Waals surface area contributed by atoms with Crippen LogP contribution in [0.4, 0.5) is 10.3 Å². The maximum atomic E-state index is 5.51. The predicted octanol–water partition coefficient (Wildman–Crippen LogP) is 2.48. The summed E-state index contributed by atoms with van der Waals surface area (Å²) in [5, 5.41) is 5.98. The van der Waals surface area contributed by atoms with Crippen LogP contribution in [0.2, 0.25) is 0 Å². The second-order valence-corrected chi connectivity index (χ2v) is 5.02. The average Bonchev–Trinajstić information content (AvgIpc) is 2.97. The van der Waals surface area contributed by atoms with Crippen LogP contribution in [0.5, 0.6) is 0 Å². The van der Waals surface area contributed by atoms with E-state index in [4.69, 9.17) is 5.73 Å². The molecule has 2 heterocycles.